The van der Waals surface area contributed by atoms with Crippen molar-refractivity contribution in [2.45, 2.75) is 0 Å². The highest BCUT2D eigenvalue weighted by molar-refractivity contribution is 6.04. The quantitative estimate of drug-likeness (QED) is 0.909. The average Bonchev–Trinajstić information content (AvgIpc) is 2.47. The number of carbonyl (C=O) groups excluding carboxylic acids is 1. The van der Waals surface area contributed by atoms with Crippen molar-refractivity contribution >= 4 is 11.6 Å². The zero-order valence-electron chi connectivity index (χ0n) is 11.5. The van der Waals surface area contributed by atoms with E-state index in [4.69, 9.17) is 9.47 Å². The zero-order chi connectivity index (χ0) is 15.4. The predicted molar refractivity (Wildman–Crippen MR) is 75.6 cm³/mol. The Bertz CT molecular complexity index is 673. The van der Waals surface area contributed by atoms with Gasteiger partial charge in [-0.1, -0.05) is 0 Å². The number of phenolic OH excluding ortho intramolecular Hbond substituents is 1. The first-order valence-electron chi connectivity index (χ1n) is 6.07. The van der Waals surface area contributed by atoms with Crippen molar-refractivity contribution in [3.05, 3.63) is 47.8 Å². The van der Waals surface area contributed by atoms with Crippen LogP contribution in [-0.2, 0) is 0 Å². The molecule has 0 aliphatic heterocycles. The summed E-state index contributed by atoms with van der Waals surface area (Å²) in [5.41, 5.74) is 0.512. The number of phenols is 1. The Morgan fingerprint density at radius 3 is 2.33 bits per heavy atom. The number of hydrogen-bond acceptors (Lipinski definition) is 4. The summed E-state index contributed by atoms with van der Waals surface area (Å²) in [5, 5.41) is 12.2. The highest BCUT2D eigenvalue weighted by atomic mass is 19.1. The molecule has 0 spiro atoms. The highest BCUT2D eigenvalue weighted by Gasteiger charge is 2.11. The van der Waals surface area contributed by atoms with Gasteiger partial charge in [0.15, 0.2) is 23.1 Å². The van der Waals surface area contributed by atoms with Gasteiger partial charge in [0, 0.05) is 17.3 Å². The molecule has 21 heavy (non-hydrogen) atoms. The SMILES string of the molecule is COc1ccc(C(=O)Nc2ccc(OC)c(F)c2)cc1O. The number of rotatable bonds is 4. The molecular weight excluding hydrogens is 277 g/mol. The molecular formula is C15H14FNO4. The minimum Gasteiger partial charge on any atom is -0.504 e. The van der Waals surface area contributed by atoms with Crippen LogP contribution in [-0.4, -0.2) is 25.2 Å². The van der Waals surface area contributed by atoms with Crippen molar-refractivity contribution in [3.63, 3.8) is 0 Å². The van der Waals surface area contributed by atoms with Crippen LogP contribution in [0, 0.1) is 5.82 Å². The van der Waals surface area contributed by atoms with Gasteiger partial charge in [0.2, 0.25) is 0 Å². The van der Waals surface area contributed by atoms with Crippen LogP contribution in [0.4, 0.5) is 10.1 Å². The maximum Gasteiger partial charge on any atom is 0.255 e. The molecule has 0 saturated heterocycles. The van der Waals surface area contributed by atoms with Gasteiger partial charge in [-0.25, -0.2) is 4.39 Å². The molecule has 0 bridgehead atoms. The van der Waals surface area contributed by atoms with Gasteiger partial charge in [-0.2, -0.15) is 0 Å². The van der Waals surface area contributed by atoms with E-state index < -0.39 is 11.7 Å². The normalized spacial score (nSPS) is 10.0. The lowest BCUT2D eigenvalue weighted by atomic mass is 10.2. The van der Waals surface area contributed by atoms with Crippen molar-refractivity contribution < 1.29 is 23.8 Å². The number of halogens is 1. The van der Waals surface area contributed by atoms with Gasteiger partial charge in [0.25, 0.3) is 5.91 Å². The standard InChI is InChI=1S/C15H14FNO4/c1-20-13-6-4-10(8-11(13)16)17-15(19)9-3-5-14(21-2)12(18)7-9/h3-8,18H,1-2H3,(H,17,19). The summed E-state index contributed by atoms with van der Waals surface area (Å²) in [6, 6.07) is 8.32. The van der Waals surface area contributed by atoms with Crippen LogP contribution in [0.1, 0.15) is 10.4 Å². The molecule has 0 fully saturated rings. The predicted octanol–water partition coefficient (Wildman–Crippen LogP) is 2.80. The van der Waals surface area contributed by atoms with Gasteiger partial charge < -0.3 is 19.9 Å². The summed E-state index contributed by atoms with van der Waals surface area (Å²) in [5.74, 6) is -0.839. The van der Waals surface area contributed by atoms with Gasteiger partial charge in [-0.05, 0) is 30.3 Å². The first-order valence-corrected chi connectivity index (χ1v) is 6.07. The number of ether oxygens (including phenoxy) is 2. The van der Waals surface area contributed by atoms with Gasteiger partial charge in [-0.3, -0.25) is 4.79 Å². The van der Waals surface area contributed by atoms with Gasteiger partial charge in [0.1, 0.15) is 0 Å². The van der Waals surface area contributed by atoms with Crippen LogP contribution in [0.15, 0.2) is 36.4 Å². The number of nitrogens with one attached hydrogen (secondary N) is 1. The fourth-order valence-corrected chi connectivity index (χ4v) is 1.78. The van der Waals surface area contributed by atoms with Crippen LogP contribution in [0.3, 0.4) is 0 Å². The van der Waals surface area contributed by atoms with Crippen LogP contribution in [0.5, 0.6) is 17.2 Å². The van der Waals surface area contributed by atoms with E-state index >= 15 is 0 Å². The minimum atomic E-state index is -0.576. The van der Waals surface area contributed by atoms with Gasteiger partial charge in [0.05, 0.1) is 14.2 Å². The zero-order valence-corrected chi connectivity index (χ0v) is 11.5. The third-order valence-corrected chi connectivity index (χ3v) is 2.85. The number of hydrogen-bond donors (Lipinski definition) is 2. The molecule has 110 valence electrons. The molecule has 0 saturated carbocycles. The van der Waals surface area contributed by atoms with Crippen LogP contribution in [0.25, 0.3) is 0 Å². The molecule has 0 atom stereocenters. The summed E-state index contributed by atoms with van der Waals surface area (Å²) in [4.78, 5) is 12.0. The molecule has 5 nitrogen and oxygen atoms in total. The number of benzene rings is 2. The van der Waals surface area contributed by atoms with E-state index in [0.29, 0.717) is 0 Å². The van der Waals surface area contributed by atoms with Crippen molar-refractivity contribution in [2.24, 2.45) is 0 Å². The second kappa shape index (κ2) is 6.13. The van der Waals surface area contributed by atoms with Gasteiger partial charge in [-0.15, -0.1) is 0 Å². The number of methoxy groups -OCH3 is 2. The van der Waals surface area contributed by atoms with E-state index in [2.05, 4.69) is 5.32 Å². The summed E-state index contributed by atoms with van der Waals surface area (Å²) in [6.07, 6.45) is 0. The Kier molecular flexibility index (Phi) is 4.27. The molecule has 0 heterocycles. The summed E-state index contributed by atoms with van der Waals surface area (Å²) in [6.45, 7) is 0. The second-order valence-electron chi connectivity index (χ2n) is 4.19. The van der Waals surface area contributed by atoms with E-state index in [1.54, 1.807) is 0 Å². The molecule has 0 aliphatic carbocycles. The van der Waals surface area contributed by atoms with Crippen LogP contribution >= 0.6 is 0 Å². The van der Waals surface area contributed by atoms with E-state index in [1.807, 2.05) is 0 Å². The topological polar surface area (TPSA) is 67.8 Å². The van der Waals surface area contributed by atoms with Crippen molar-refractivity contribution in [3.8, 4) is 17.2 Å². The van der Waals surface area contributed by atoms with E-state index in [9.17, 15) is 14.3 Å². The minimum absolute atomic E-state index is 0.0927. The first-order chi connectivity index (χ1) is 10.0. The maximum absolute atomic E-state index is 13.5. The Balaban J connectivity index is 2.18. The summed E-state index contributed by atoms with van der Waals surface area (Å²) < 4.78 is 23.2. The first kappa shape index (κ1) is 14.6. The molecule has 1 amide bonds. The lowest BCUT2D eigenvalue weighted by Crippen LogP contribution is -2.12. The fourth-order valence-electron chi connectivity index (χ4n) is 1.78. The number of amides is 1. The monoisotopic (exact) mass is 291 g/mol. The third kappa shape index (κ3) is 3.22. The Morgan fingerprint density at radius 1 is 1.10 bits per heavy atom. The molecule has 2 N–H and O–H groups in total. The summed E-state index contributed by atoms with van der Waals surface area (Å²) in [7, 11) is 2.77. The highest BCUT2D eigenvalue weighted by Crippen LogP contribution is 2.27. The second-order valence-corrected chi connectivity index (χ2v) is 4.19. The Morgan fingerprint density at radius 2 is 1.76 bits per heavy atom. The third-order valence-electron chi connectivity index (χ3n) is 2.85. The van der Waals surface area contributed by atoms with E-state index in [1.165, 1.54) is 44.6 Å². The smallest absolute Gasteiger partial charge is 0.255 e. The molecule has 0 aromatic heterocycles. The fraction of sp³-hybridized carbons (Fsp3) is 0.133. The van der Waals surface area contributed by atoms with Crippen LogP contribution < -0.4 is 14.8 Å². The Hall–Kier alpha value is -2.76. The number of aromatic hydroxyl groups is 1. The molecule has 0 radical (unpaired) electrons. The van der Waals surface area contributed by atoms with Gasteiger partial charge >= 0.3 is 0 Å². The van der Waals surface area contributed by atoms with Crippen molar-refractivity contribution in [1.29, 1.82) is 0 Å². The molecule has 0 unspecified atom stereocenters. The average molecular weight is 291 g/mol. The van der Waals surface area contributed by atoms with Crippen LogP contribution in [0.2, 0.25) is 0 Å². The van der Waals surface area contributed by atoms with Crippen molar-refractivity contribution in [2.75, 3.05) is 19.5 Å². The van der Waals surface area contributed by atoms with E-state index in [-0.39, 0.29) is 28.5 Å². The van der Waals surface area contributed by atoms with Crippen molar-refractivity contribution in [1.82, 2.24) is 0 Å². The lowest BCUT2D eigenvalue weighted by molar-refractivity contribution is 0.102. The largest absolute Gasteiger partial charge is 0.504 e. The number of carbonyl (C=O) groups is 1. The molecule has 2 rings (SSSR count). The number of anilines is 1. The molecule has 2 aromatic carbocycles. The Labute approximate surface area is 120 Å². The molecule has 2 aromatic rings. The molecule has 0 aliphatic rings. The summed E-state index contributed by atoms with van der Waals surface area (Å²) >= 11 is 0. The lowest BCUT2D eigenvalue weighted by Gasteiger charge is -2.09. The molecule has 6 heteroatoms. The maximum atomic E-state index is 13.5. The van der Waals surface area contributed by atoms with E-state index in [0.717, 1.165) is 6.07 Å².